The van der Waals surface area contributed by atoms with Gasteiger partial charge in [0.1, 0.15) is 19.3 Å². The summed E-state index contributed by atoms with van der Waals surface area (Å²) >= 11 is 2.95. The number of amides is 2. The Morgan fingerprint density at radius 2 is 1.82 bits per heavy atom. The maximum atomic E-state index is 13.2. The van der Waals surface area contributed by atoms with Crippen molar-refractivity contribution in [2.75, 3.05) is 30.2 Å². The number of thioether (sulfide) groups is 1. The molecule has 3 heterocycles. The SMILES string of the molecule is N#Cc1ccc(NC(=O)C2CSCN2C(=O)c2ccc(-c3ccc4c(c3)OCCO4)s2)cc1. The van der Waals surface area contributed by atoms with Gasteiger partial charge in [0.25, 0.3) is 5.91 Å². The van der Waals surface area contributed by atoms with Gasteiger partial charge in [-0.1, -0.05) is 0 Å². The highest BCUT2D eigenvalue weighted by atomic mass is 32.2. The first-order valence-corrected chi connectivity index (χ1v) is 12.3. The van der Waals surface area contributed by atoms with Gasteiger partial charge in [-0.3, -0.25) is 9.59 Å². The average molecular weight is 478 g/mol. The first-order chi connectivity index (χ1) is 16.1. The molecule has 1 atom stereocenters. The number of ether oxygens (including phenoxy) is 2. The van der Waals surface area contributed by atoms with Crippen molar-refractivity contribution in [1.82, 2.24) is 4.90 Å². The van der Waals surface area contributed by atoms with E-state index in [0.29, 0.717) is 46.7 Å². The van der Waals surface area contributed by atoms with Crippen molar-refractivity contribution in [3.63, 3.8) is 0 Å². The third-order valence-electron chi connectivity index (χ3n) is 5.37. The second-order valence-corrected chi connectivity index (χ2v) is 9.57. The van der Waals surface area contributed by atoms with Crippen LogP contribution in [0.4, 0.5) is 5.69 Å². The van der Waals surface area contributed by atoms with Gasteiger partial charge in [0.15, 0.2) is 11.5 Å². The number of hydrogen-bond donors (Lipinski definition) is 1. The van der Waals surface area contributed by atoms with Crippen LogP contribution < -0.4 is 14.8 Å². The van der Waals surface area contributed by atoms with Crippen LogP contribution in [0.2, 0.25) is 0 Å². The summed E-state index contributed by atoms with van der Waals surface area (Å²) in [7, 11) is 0. The van der Waals surface area contributed by atoms with E-state index >= 15 is 0 Å². The van der Waals surface area contributed by atoms with Crippen LogP contribution in [0.15, 0.2) is 54.6 Å². The lowest BCUT2D eigenvalue weighted by Gasteiger charge is -2.22. The summed E-state index contributed by atoms with van der Waals surface area (Å²) in [6.45, 7) is 1.06. The number of carbonyl (C=O) groups is 2. The number of carbonyl (C=O) groups excluding carboxylic acids is 2. The number of anilines is 1. The van der Waals surface area contributed by atoms with Gasteiger partial charge in [-0.15, -0.1) is 23.1 Å². The average Bonchev–Trinajstić information content (AvgIpc) is 3.54. The Balaban J connectivity index is 1.30. The van der Waals surface area contributed by atoms with Crippen molar-refractivity contribution in [1.29, 1.82) is 5.26 Å². The highest BCUT2D eigenvalue weighted by molar-refractivity contribution is 7.99. The topological polar surface area (TPSA) is 91.7 Å². The zero-order chi connectivity index (χ0) is 22.8. The summed E-state index contributed by atoms with van der Waals surface area (Å²) < 4.78 is 11.2. The van der Waals surface area contributed by atoms with Gasteiger partial charge in [-0.25, -0.2) is 0 Å². The van der Waals surface area contributed by atoms with Crippen LogP contribution in [0.3, 0.4) is 0 Å². The molecule has 2 aromatic carbocycles. The number of rotatable bonds is 4. The van der Waals surface area contributed by atoms with E-state index in [0.717, 1.165) is 16.2 Å². The maximum Gasteiger partial charge on any atom is 0.265 e. The van der Waals surface area contributed by atoms with Gasteiger partial charge < -0.3 is 19.7 Å². The van der Waals surface area contributed by atoms with E-state index in [9.17, 15) is 9.59 Å². The predicted octanol–water partition coefficient (Wildman–Crippen LogP) is 4.21. The highest BCUT2D eigenvalue weighted by Crippen LogP contribution is 2.37. The summed E-state index contributed by atoms with van der Waals surface area (Å²) in [5.41, 5.74) is 2.07. The van der Waals surface area contributed by atoms with Crippen molar-refractivity contribution < 1.29 is 19.1 Å². The Morgan fingerprint density at radius 3 is 2.61 bits per heavy atom. The molecule has 2 aliphatic rings. The lowest BCUT2D eigenvalue weighted by Crippen LogP contribution is -2.44. The van der Waals surface area contributed by atoms with Crippen molar-refractivity contribution in [2.45, 2.75) is 6.04 Å². The zero-order valence-corrected chi connectivity index (χ0v) is 19.1. The third kappa shape index (κ3) is 4.40. The summed E-state index contributed by atoms with van der Waals surface area (Å²) in [5.74, 6) is 2.03. The Morgan fingerprint density at radius 1 is 1.03 bits per heavy atom. The molecule has 2 amide bonds. The molecule has 0 aliphatic carbocycles. The molecule has 1 fully saturated rings. The van der Waals surface area contributed by atoms with Crippen molar-refractivity contribution >= 4 is 40.6 Å². The number of nitriles is 1. The van der Waals surface area contributed by atoms with E-state index in [1.165, 1.54) is 11.3 Å². The summed E-state index contributed by atoms with van der Waals surface area (Å²) in [6.07, 6.45) is 0. The number of nitrogens with one attached hydrogen (secondary N) is 1. The number of fused-ring (bicyclic) bond motifs is 1. The van der Waals surface area contributed by atoms with E-state index in [2.05, 4.69) is 11.4 Å². The molecule has 33 heavy (non-hydrogen) atoms. The zero-order valence-electron chi connectivity index (χ0n) is 17.4. The van der Waals surface area contributed by atoms with E-state index in [-0.39, 0.29) is 11.8 Å². The summed E-state index contributed by atoms with van der Waals surface area (Å²) in [5, 5.41) is 11.8. The van der Waals surface area contributed by atoms with Crippen LogP contribution in [0.25, 0.3) is 10.4 Å². The quantitative estimate of drug-likeness (QED) is 0.605. The smallest absolute Gasteiger partial charge is 0.265 e. The molecule has 0 spiro atoms. The number of benzene rings is 2. The molecule has 0 bridgehead atoms. The van der Waals surface area contributed by atoms with E-state index < -0.39 is 6.04 Å². The molecular formula is C24H19N3O4S2. The normalized spacial score (nSPS) is 16.8. The lowest BCUT2D eigenvalue weighted by atomic mass is 10.1. The van der Waals surface area contributed by atoms with Gasteiger partial charge in [-0.05, 0) is 60.2 Å². The standard InChI is InChI=1S/C24H19N3O4S2/c25-12-15-1-4-17(5-2-15)26-23(28)18-13-32-14-27(18)24(29)22-8-7-21(33-22)16-3-6-19-20(11-16)31-10-9-30-19/h1-8,11,18H,9-10,13-14H2,(H,26,28). The van der Waals surface area contributed by atoms with E-state index in [4.69, 9.17) is 14.7 Å². The minimum atomic E-state index is -0.557. The van der Waals surface area contributed by atoms with Crippen LogP contribution in [-0.4, -0.2) is 47.6 Å². The fourth-order valence-corrected chi connectivity index (χ4v) is 5.77. The van der Waals surface area contributed by atoms with Crippen LogP contribution in [0.5, 0.6) is 11.5 Å². The lowest BCUT2D eigenvalue weighted by molar-refractivity contribution is -0.119. The molecule has 1 aromatic heterocycles. The third-order valence-corrected chi connectivity index (χ3v) is 7.51. The Hall–Kier alpha value is -3.48. The molecule has 1 saturated heterocycles. The molecule has 166 valence electrons. The molecule has 5 rings (SSSR count). The molecular weight excluding hydrogens is 458 g/mol. The molecule has 1 N–H and O–H groups in total. The van der Waals surface area contributed by atoms with Gasteiger partial charge in [0.2, 0.25) is 5.91 Å². The number of thiophene rings is 1. The fourth-order valence-electron chi connectivity index (χ4n) is 3.66. The van der Waals surface area contributed by atoms with E-state index in [1.807, 2.05) is 24.3 Å². The van der Waals surface area contributed by atoms with Gasteiger partial charge in [-0.2, -0.15) is 5.26 Å². The molecule has 3 aromatic rings. The van der Waals surface area contributed by atoms with Gasteiger partial charge in [0.05, 0.1) is 22.4 Å². The van der Waals surface area contributed by atoms with E-state index in [1.54, 1.807) is 47.0 Å². The molecule has 0 saturated carbocycles. The number of nitrogens with zero attached hydrogens (tertiary/aromatic N) is 2. The highest BCUT2D eigenvalue weighted by Gasteiger charge is 2.35. The molecule has 0 radical (unpaired) electrons. The summed E-state index contributed by atoms with van der Waals surface area (Å²) in [6, 6.07) is 17.6. The second-order valence-electron chi connectivity index (χ2n) is 7.49. The van der Waals surface area contributed by atoms with Gasteiger partial charge in [0, 0.05) is 16.3 Å². The molecule has 7 nitrogen and oxygen atoms in total. The largest absolute Gasteiger partial charge is 0.486 e. The maximum absolute atomic E-state index is 13.2. The second kappa shape index (κ2) is 9.17. The summed E-state index contributed by atoms with van der Waals surface area (Å²) in [4.78, 5) is 29.3. The Bertz CT molecular complexity index is 1250. The van der Waals surface area contributed by atoms with Crippen molar-refractivity contribution in [2.24, 2.45) is 0 Å². The minimum Gasteiger partial charge on any atom is -0.486 e. The Kier molecular flexibility index (Phi) is 5.94. The van der Waals surface area contributed by atoms with Crippen LogP contribution in [-0.2, 0) is 4.79 Å². The van der Waals surface area contributed by atoms with Crippen molar-refractivity contribution in [3.8, 4) is 28.0 Å². The van der Waals surface area contributed by atoms with Crippen LogP contribution in [0.1, 0.15) is 15.2 Å². The van der Waals surface area contributed by atoms with Crippen LogP contribution in [0, 0.1) is 11.3 Å². The Labute approximate surface area is 198 Å². The minimum absolute atomic E-state index is 0.159. The van der Waals surface area contributed by atoms with Crippen molar-refractivity contribution in [3.05, 3.63) is 65.0 Å². The van der Waals surface area contributed by atoms with Crippen LogP contribution >= 0.6 is 23.1 Å². The first kappa shape index (κ1) is 21.4. The predicted molar refractivity (Wildman–Crippen MR) is 128 cm³/mol. The van der Waals surface area contributed by atoms with Gasteiger partial charge >= 0.3 is 0 Å². The monoisotopic (exact) mass is 477 g/mol. The number of hydrogen-bond acceptors (Lipinski definition) is 7. The molecule has 2 aliphatic heterocycles. The fraction of sp³-hybridized carbons (Fsp3) is 0.208. The molecule has 9 heteroatoms. The first-order valence-electron chi connectivity index (χ1n) is 10.3. The molecule has 1 unspecified atom stereocenters.